The Hall–Kier alpha value is -3.88. The topological polar surface area (TPSA) is 195 Å². The van der Waals surface area contributed by atoms with Gasteiger partial charge in [-0.3, -0.25) is 29.3 Å². The van der Waals surface area contributed by atoms with Crippen LogP contribution in [0, 0.1) is 27.4 Å². The first-order valence-corrected chi connectivity index (χ1v) is 18.8. The Morgan fingerprint density at radius 2 is 0.772 bits per heavy atom. The Kier molecular flexibility index (Phi) is 17.3. The Balaban J connectivity index is 0.000000391. The first-order valence-electron chi connectivity index (χ1n) is 13.8. The normalized spacial score (nSPS) is 12.4. The lowest BCUT2D eigenvalue weighted by molar-refractivity contribution is -0.385. The second-order valence-corrected chi connectivity index (χ2v) is 15.3. The van der Waals surface area contributed by atoms with Crippen molar-refractivity contribution in [3.05, 3.63) is 124 Å². The Morgan fingerprint density at radius 3 is 0.982 bits per heavy atom. The van der Waals surface area contributed by atoms with Gasteiger partial charge in [0.05, 0.1) is 9.85 Å². The number of halogens is 14. The summed E-state index contributed by atoms with van der Waals surface area (Å²) in [4.78, 5) is 20.3. The number of nitro benzene ring substituents is 2. The minimum atomic E-state index is -7.37. The lowest BCUT2D eigenvalue weighted by Crippen LogP contribution is -2.63. The van der Waals surface area contributed by atoms with E-state index in [4.69, 9.17) is 17.5 Å². The molecule has 4 rings (SSSR count). The van der Waals surface area contributed by atoms with Crippen LogP contribution in [0.3, 0.4) is 0 Å². The summed E-state index contributed by atoms with van der Waals surface area (Å²) in [5, 5.41) is 14.0. The van der Waals surface area contributed by atoms with Gasteiger partial charge in [-0.05, 0) is 104 Å². The highest BCUT2D eigenvalue weighted by atomic mass is 127. The second kappa shape index (κ2) is 19.2. The number of alkyl halides is 12. The van der Waals surface area contributed by atoms with E-state index in [9.17, 15) is 81.3 Å². The lowest BCUT2D eigenvalue weighted by atomic mass is 10.1. The number of nitro groups is 2. The molecule has 0 spiro atoms. The minimum Gasteiger partial charge on any atom is -0.281 e. The molecule has 28 heteroatoms. The van der Waals surface area contributed by atoms with Crippen molar-refractivity contribution in [2.24, 2.45) is 0 Å². The highest BCUT2D eigenvalue weighted by Gasteiger charge is 2.85. The van der Waals surface area contributed by atoms with Crippen LogP contribution in [0.4, 0.5) is 64.1 Å². The van der Waals surface area contributed by atoms with Crippen LogP contribution in [0.2, 0.25) is 0 Å². The predicted octanol–water partition coefficient (Wildman–Crippen LogP) is 10.4. The third-order valence-corrected chi connectivity index (χ3v) is 9.63. The van der Waals surface area contributed by atoms with Crippen LogP contribution in [-0.4, -0.2) is 64.6 Å². The summed E-state index contributed by atoms with van der Waals surface area (Å²) in [6.45, 7) is 0. The maximum atomic E-state index is 12.2. The van der Waals surface area contributed by atoms with Gasteiger partial charge in [-0.25, -0.2) is 0 Å². The zero-order valence-corrected chi connectivity index (χ0v) is 32.8. The summed E-state index contributed by atoms with van der Waals surface area (Å²) in [5.74, 6) is -14.7. The largest absolute Gasteiger partial charge is 0.522 e. The Morgan fingerprint density at radius 1 is 0.491 bits per heavy atom. The molecule has 4 aromatic rings. The molecule has 0 fully saturated rings. The van der Waals surface area contributed by atoms with Crippen LogP contribution >= 0.6 is 45.2 Å². The maximum absolute atomic E-state index is 12.2. The molecule has 314 valence electrons. The van der Waals surface area contributed by atoms with Crippen molar-refractivity contribution in [1.29, 1.82) is 0 Å². The molecule has 2 N–H and O–H groups in total. The smallest absolute Gasteiger partial charge is 0.281 e. The quantitative estimate of drug-likeness (QED) is 0.0449. The average Bonchev–Trinajstić information content (AvgIpc) is 3.08. The molecular weight excluding hydrogens is 1080 g/mol. The molecule has 4 aromatic carbocycles. The Labute approximate surface area is 339 Å². The molecular formula is C29H18F12I2N2O10S2. The van der Waals surface area contributed by atoms with Crippen LogP contribution in [0.15, 0.2) is 97.1 Å². The fourth-order valence-electron chi connectivity index (χ4n) is 3.44. The van der Waals surface area contributed by atoms with Crippen molar-refractivity contribution in [3.63, 3.8) is 0 Å². The van der Waals surface area contributed by atoms with E-state index < -0.39 is 49.0 Å². The molecule has 0 unspecified atom stereocenters. The van der Waals surface area contributed by atoms with E-state index in [0.29, 0.717) is 0 Å². The molecule has 0 saturated carbocycles. The molecule has 0 aromatic heterocycles. The first kappa shape index (κ1) is 51.1. The van der Waals surface area contributed by atoms with Crippen LogP contribution < -0.4 is 0 Å². The van der Waals surface area contributed by atoms with Gasteiger partial charge in [0.1, 0.15) is 0 Å². The minimum absolute atomic E-state index is 0.120. The van der Waals surface area contributed by atoms with Crippen LogP contribution in [0.25, 0.3) is 22.3 Å². The SMILES string of the molecule is O=S(=O)(O)C(F)(F)C(F)(F)C(F)(F)C(F)(F)F.O=S(=O)(O)C(F)(F)F.O=[N+]([O-])c1ccc(-c2ccccc2I)cc1.O=[N+]([O-])c1ccc(-c2ccccc2I)cc1. The molecule has 0 bridgehead atoms. The lowest BCUT2D eigenvalue weighted by Gasteiger charge is -2.31. The third kappa shape index (κ3) is 13.3. The predicted molar refractivity (Wildman–Crippen MR) is 193 cm³/mol. The zero-order chi connectivity index (χ0) is 44.6. The van der Waals surface area contributed by atoms with Gasteiger partial charge >= 0.3 is 49.0 Å². The highest BCUT2D eigenvalue weighted by molar-refractivity contribution is 14.1. The van der Waals surface area contributed by atoms with Crippen molar-refractivity contribution < 1.29 is 88.5 Å². The molecule has 0 radical (unpaired) electrons. The molecule has 57 heavy (non-hydrogen) atoms. The highest BCUT2D eigenvalue weighted by Crippen LogP contribution is 2.54. The van der Waals surface area contributed by atoms with Gasteiger partial charge in [0, 0.05) is 31.4 Å². The van der Waals surface area contributed by atoms with E-state index in [1.165, 1.54) is 24.3 Å². The van der Waals surface area contributed by atoms with Gasteiger partial charge in [0.15, 0.2) is 0 Å². The van der Waals surface area contributed by atoms with Crippen LogP contribution in [-0.2, 0) is 20.2 Å². The number of nitrogens with zero attached hydrogens (tertiary/aromatic N) is 2. The van der Waals surface area contributed by atoms with Crippen LogP contribution in [0.1, 0.15) is 0 Å². The van der Waals surface area contributed by atoms with E-state index in [1.54, 1.807) is 24.3 Å². The van der Waals surface area contributed by atoms with Gasteiger partial charge in [-0.15, -0.1) is 0 Å². The van der Waals surface area contributed by atoms with Gasteiger partial charge in [0.25, 0.3) is 11.4 Å². The number of benzene rings is 4. The summed E-state index contributed by atoms with van der Waals surface area (Å²) in [5.41, 5.74) is -1.11. The number of non-ortho nitro benzene ring substituents is 2. The summed E-state index contributed by atoms with van der Waals surface area (Å²) in [6.07, 6.45) is -7.13. The fraction of sp³-hybridized carbons (Fsp3) is 0.172. The third-order valence-electron chi connectivity index (χ3n) is 6.26. The molecule has 0 aliphatic carbocycles. The van der Waals surface area contributed by atoms with Gasteiger partial charge in [-0.1, -0.05) is 36.4 Å². The monoisotopic (exact) mass is 1100 g/mol. The molecule has 0 saturated heterocycles. The second-order valence-electron chi connectivity index (χ2n) is 10.1. The van der Waals surface area contributed by atoms with Gasteiger partial charge in [0.2, 0.25) is 0 Å². The summed E-state index contributed by atoms with van der Waals surface area (Å²) >= 11 is 4.50. The summed E-state index contributed by atoms with van der Waals surface area (Å²) in [7, 11) is -13.0. The van der Waals surface area contributed by atoms with Crippen LogP contribution in [0.5, 0.6) is 0 Å². The Bertz CT molecular complexity index is 2150. The van der Waals surface area contributed by atoms with E-state index in [1.807, 2.05) is 48.5 Å². The number of hydrogen-bond donors (Lipinski definition) is 2. The number of hydrogen-bond acceptors (Lipinski definition) is 8. The average molecular weight is 1100 g/mol. The van der Waals surface area contributed by atoms with E-state index in [-0.39, 0.29) is 21.2 Å². The van der Waals surface area contributed by atoms with E-state index in [0.717, 1.165) is 29.4 Å². The molecule has 0 amide bonds. The van der Waals surface area contributed by atoms with Crippen molar-refractivity contribution in [2.75, 3.05) is 0 Å². The summed E-state index contributed by atoms with van der Waals surface area (Å²) in [6, 6.07) is 29.1. The molecule has 0 atom stereocenters. The molecule has 0 aliphatic rings. The zero-order valence-electron chi connectivity index (χ0n) is 26.9. The molecule has 12 nitrogen and oxygen atoms in total. The van der Waals surface area contributed by atoms with Gasteiger partial charge < -0.3 is 0 Å². The van der Waals surface area contributed by atoms with Crippen molar-refractivity contribution in [1.82, 2.24) is 0 Å². The maximum Gasteiger partial charge on any atom is 0.522 e. The summed E-state index contributed by atoms with van der Waals surface area (Å²) < 4.78 is 194. The van der Waals surface area contributed by atoms with Gasteiger partial charge in [-0.2, -0.15) is 69.5 Å². The fourth-order valence-corrected chi connectivity index (χ4v) is 5.29. The first-order chi connectivity index (χ1) is 25.6. The van der Waals surface area contributed by atoms with Crippen molar-refractivity contribution in [3.8, 4) is 22.3 Å². The standard InChI is InChI=1S/2C12H8INO2.C4HF9O3S.CHF3O3S/c2*13-12-4-2-1-3-11(12)9-5-7-10(8-6-9)14(15)16;5-1(6,3(9,10)11)2(7,8)4(12,13)17(14,15)16;2-1(3,4)8(5,6)7/h2*1-8H;(H,14,15,16);(H,5,6,7). The number of rotatable bonds is 7. The van der Waals surface area contributed by atoms with Crippen molar-refractivity contribution in [2.45, 2.75) is 28.8 Å². The molecule has 0 heterocycles. The van der Waals surface area contributed by atoms with E-state index in [2.05, 4.69) is 45.2 Å². The van der Waals surface area contributed by atoms with E-state index >= 15 is 0 Å². The van der Waals surface area contributed by atoms with Crippen molar-refractivity contribution >= 4 is 76.8 Å². The molecule has 0 aliphatic heterocycles.